The summed E-state index contributed by atoms with van der Waals surface area (Å²) in [6.07, 6.45) is 12.1. The maximum atomic E-state index is 9.19. The van der Waals surface area contributed by atoms with E-state index in [1.165, 1.54) is 60.9 Å². The van der Waals surface area contributed by atoms with Gasteiger partial charge in [-0.25, -0.2) is 0 Å². The van der Waals surface area contributed by atoms with Gasteiger partial charge in [0.05, 0.1) is 5.69 Å². The second kappa shape index (κ2) is 34.3. The summed E-state index contributed by atoms with van der Waals surface area (Å²) in [5, 5.41) is 14.2. The third kappa shape index (κ3) is 18.0. The molecule has 0 bridgehead atoms. The van der Waals surface area contributed by atoms with Gasteiger partial charge in [-0.15, -0.1) is 95.6 Å². The maximum absolute atomic E-state index is 9.19. The van der Waals surface area contributed by atoms with Crippen LogP contribution in [-0.2, 0) is 53.0 Å². The van der Waals surface area contributed by atoms with Crippen molar-refractivity contribution in [1.82, 2.24) is 19.9 Å². The van der Waals surface area contributed by atoms with Crippen molar-refractivity contribution in [2.24, 2.45) is 10.8 Å². The van der Waals surface area contributed by atoms with Crippen molar-refractivity contribution in [2.75, 3.05) is 0 Å². The summed E-state index contributed by atoms with van der Waals surface area (Å²) in [7, 11) is 0. The van der Waals surface area contributed by atoms with Crippen molar-refractivity contribution in [3.63, 3.8) is 0 Å². The minimum atomic E-state index is -2.30. The summed E-state index contributed by atoms with van der Waals surface area (Å²) in [6, 6.07) is 80.3. The quantitative estimate of drug-likeness (QED) is 0.112. The van der Waals surface area contributed by atoms with E-state index in [9.17, 15) is 2.74 Å². The normalized spacial score (nSPS) is 16.2. The average Bonchev–Trinajstić information content (AvgIpc) is 0.749. The van der Waals surface area contributed by atoms with Crippen molar-refractivity contribution in [1.29, 1.82) is 0 Å². The number of aromatic nitrogens is 4. The smallest absolute Gasteiger partial charge is 0.358 e. The minimum Gasteiger partial charge on any atom is -0.358 e. The summed E-state index contributed by atoms with van der Waals surface area (Å²) in [5.74, 6) is -1.77. The molecule has 100 heavy (non-hydrogen) atoms. The molecule has 2 saturated carbocycles. The zero-order chi connectivity index (χ0) is 76.6. The van der Waals surface area contributed by atoms with Gasteiger partial charge in [0.25, 0.3) is 0 Å². The van der Waals surface area contributed by atoms with Crippen LogP contribution in [0, 0.1) is 57.6 Å². The van der Waals surface area contributed by atoms with Crippen molar-refractivity contribution in [2.45, 2.75) is 144 Å². The topological polar surface area (TPSA) is 51.6 Å². The van der Waals surface area contributed by atoms with Gasteiger partial charge >= 0.3 is 20.1 Å². The largest absolute Gasteiger partial charge is 3.00 e. The molecule has 2 fully saturated rings. The Kier molecular flexibility index (Phi) is 20.8. The molecule has 0 N–H and O–H groups in total. The molecule has 1 radical (unpaired) electrons. The Morgan fingerprint density at radius 2 is 0.750 bits per heavy atom. The molecule has 0 unspecified atom stereocenters. The Morgan fingerprint density at radius 3 is 1.14 bits per heavy atom. The molecule has 0 amide bonds. The first kappa shape index (κ1) is 60.4. The number of rotatable bonds is 8. The van der Waals surface area contributed by atoms with Crippen LogP contribution in [-0.4, -0.2) is 19.9 Å². The van der Waals surface area contributed by atoms with Gasteiger partial charge in [-0.1, -0.05) is 236 Å². The molecule has 0 atom stereocenters. The van der Waals surface area contributed by atoms with Crippen molar-refractivity contribution in [3.8, 4) is 45.0 Å². The minimum absolute atomic E-state index is 0. The van der Waals surface area contributed by atoms with Crippen molar-refractivity contribution in [3.05, 3.63) is 304 Å². The monoisotopic (exact) mass is 1680 g/mol. The van der Waals surface area contributed by atoms with E-state index in [1.54, 1.807) is 12.4 Å². The summed E-state index contributed by atoms with van der Waals surface area (Å²) in [5.41, 5.74) is 8.55. The molecular weight excluding hydrogens is 1570 g/mol. The molecule has 2 aliphatic rings. The van der Waals surface area contributed by atoms with Gasteiger partial charge in [0.2, 0.25) is 0 Å². The molecule has 2 aliphatic carbocycles. The molecule has 6 heteroatoms. The fourth-order valence-electron chi connectivity index (χ4n) is 13.6. The Hall–Kier alpha value is -8.34. The van der Waals surface area contributed by atoms with E-state index in [0.29, 0.717) is 53.6 Å². The predicted molar refractivity (Wildman–Crippen MR) is 421 cm³/mol. The fraction of sp³-hybridized carbons (Fsp3) is 0.255. The molecule has 10 aromatic carbocycles. The van der Waals surface area contributed by atoms with E-state index in [-0.39, 0.29) is 66.2 Å². The first-order valence-corrected chi connectivity index (χ1v) is 33.8. The Balaban J connectivity index is 0.000000176. The molecule has 511 valence electrons. The molecular formula is C94H95Ir2N4-2. The van der Waals surface area contributed by atoms with E-state index >= 15 is 0 Å². The summed E-state index contributed by atoms with van der Waals surface area (Å²) < 4.78 is 99.7. The van der Waals surface area contributed by atoms with E-state index in [1.807, 2.05) is 133 Å². The second-order valence-corrected chi connectivity index (χ2v) is 27.3. The fourth-order valence-corrected chi connectivity index (χ4v) is 13.6. The average molecular weight is 1680 g/mol. The molecule has 16 rings (SSSR count). The SMILES string of the molecule is [2H]C([2H])([2H])c1cnc(-c2[c-]cc3c4ccccc4c4ccccc4c3c2)cc1C1([2H])CCCCC1.[2H]C([2H])([2H])c1cnc(-c2ccc3c4ccccc4c4ccccc4c3c2)cc1C1([2H])CCCCC1.[2H]C([2H])(c1ccc(-c2[c-]cccc2)nc1)C(C)(C)C.[2H]C([2H])(c1ccc(-c2[c-]cccc2)nc1)C(C)(C)C.[CH3-].[CH3-].[Ir+3].[Ir]. The summed E-state index contributed by atoms with van der Waals surface area (Å²) >= 11 is 0. The first-order valence-electron chi connectivity index (χ1n) is 39.8. The van der Waals surface area contributed by atoms with E-state index in [2.05, 4.69) is 159 Å². The van der Waals surface area contributed by atoms with Crippen LogP contribution < -0.4 is 0 Å². The number of nitrogens with zero attached hydrogens (tertiary/aromatic N) is 4. The van der Waals surface area contributed by atoms with Gasteiger partial charge in [-0.05, 0) is 186 Å². The molecule has 0 spiro atoms. The molecule has 14 aromatic rings. The molecule has 0 saturated heterocycles. The Labute approximate surface area is 640 Å². The van der Waals surface area contributed by atoms with Crippen LogP contribution in [0.3, 0.4) is 0 Å². The van der Waals surface area contributed by atoms with Gasteiger partial charge < -0.3 is 29.8 Å². The van der Waals surface area contributed by atoms with Crippen LogP contribution in [0.4, 0.5) is 0 Å². The first-order chi connectivity index (χ1) is 51.3. The van der Waals surface area contributed by atoms with Gasteiger partial charge in [0.1, 0.15) is 0 Å². The summed E-state index contributed by atoms with van der Waals surface area (Å²) in [4.78, 5) is 17.9. The number of hydrogen-bond donors (Lipinski definition) is 0. The van der Waals surface area contributed by atoms with E-state index in [0.717, 1.165) is 94.0 Å². The number of hydrogen-bond acceptors (Lipinski definition) is 4. The van der Waals surface area contributed by atoms with Gasteiger partial charge in [-0.3, -0.25) is 4.98 Å². The van der Waals surface area contributed by atoms with Gasteiger partial charge in [-0.2, -0.15) is 0 Å². The van der Waals surface area contributed by atoms with Crippen LogP contribution >= 0.6 is 0 Å². The third-order valence-electron chi connectivity index (χ3n) is 18.0. The molecule has 4 heterocycles. The zero-order valence-corrected chi connectivity index (χ0v) is 63.3. The third-order valence-corrected chi connectivity index (χ3v) is 18.0. The van der Waals surface area contributed by atoms with Crippen molar-refractivity contribution < 1.29 is 56.7 Å². The maximum Gasteiger partial charge on any atom is 3.00 e. The van der Waals surface area contributed by atoms with Crippen LogP contribution in [0.5, 0.6) is 0 Å². The summed E-state index contributed by atoms with van der Waals surface area (Å²) in [6.45, 7) is 6.78. The number of benzene rings is 10. The molecule has 0 aliphatic heterocycles. The Bertz CT molecular complexity index is 5140. The Morgan fingerprint density at radius 1 is 0.380 bits per heavy atom. The second-order valence-electron chi connectivity index (χ2n) is 27.3. The standard InChI is InChI=1S/C30H27N.C30H26N.2C16H18N.2CH3.2Ir/c2*1-20-19-31-30(18-28(20)21-9-3-2-4-10-21)22-15-16-27-25-13-6-5-11-23(25)24-12-7-8-14-26(24)29(27)17-22;2*1-16(2,3)11-13-9-10-15(17-12-13)14-7-5-4-6-8-14;;;;/h5-8,11-19,21H,2-4,9-10H2,1H3;5-8,11-14,16-19,21H,2-4,9-10H2,1H3;2*4-7,9-10,12H,11H2,1-3H3;2*1H3;;/q;5*-1;;+3/i2*1D3,21D;2*11D2;;;;. The van der Waals surface area contributed by atoms with Crippen LogP contribution in [0.25, 0.3) is 110 Å². The van der Waals surface area contributed by atoms with Gasteiger partial charge in [0.15, 0.2) is 0 Å². The number of fused-ring (bicyclic) bond motifs is 12. The van der Waals surface area contributed by atoms with E-state index < -0.39 is 49.1 Å². The zero-order valence-electron chi connectivity index (χ0n) is 70.5. The van der Waals surface area contributed by atoms with Crippen molar-refractivity contribution >= 4 is 64.6 Å². The van der Waals surface area contributed by atoms with Crippen LogP contribution in [0.15, 0.2) is 237 Å². The van der Waals surface area contributed by atoms with E-state index in [4.69, 9.17) is 13.7 Å². The predicted octanol–water partition coefficient (Wildman–Crippen LogP) is 26.1. The molecule has 4 aromatic heterocycles. The number of pyridine rings is 4. The van der Waals surface area contributed by atoms with Crippen LogP contribution in [0.1, 0.15) is 167 Å². The van der Waals surface area contributed by atoms with Gasteiger partial charge in [0, 0.05) is 66.9 Å². The van der Waals surface area contributed by atoms with Crippen LogP contribution in [0.2, 0.25) is 0 Å². The molecule has 4 nitrogen and oxygen atoms in total. The number of aryl methyl sites for hydroxylation is 2.